The van der Waals surface area contributed by atoms with E-state index in [0.717, 1.165) is 42.1 Å². The van der Waals surface area contributed by atoms with E-state index in [9.17, 15) is 0 Å². The van der Waals surface area contributed by atoms with E-state index >= 15 is 0 Å². The monoisotopic (exact) mass is 558 g/mol. The van der Waals surface area contributed by atoms with Crippen LogP contribution in [0.3, 0.4) is 0 Å². The normalized spacial score (nSPS) is 23.4. The molecular formula is C35H54N6. The Hall–Kier alpha value is -2.31. The number of aryl methyl sites for hydroxylation is 1. The van der Waals surface area contributed by atoms with Gasteiger partial charge in [-0.1, -0.05) is 52.3 Å². The van der Waals surface area contributed by atoms with E-state index in [1.54, 1.807) is 0 Å². The third-order valence-corrected chi connectivity index (χ3v) is 11.0. The van der Waals surface area contributed by atoms with Gasteiger partial charge in [-0.25, -0.2) is 0 Å². The van der Waals surface area contributed by atoms with E-state index in [-0.39, 0.29) is 0 Å². The summed E-state index contributed by atoms with van der Waals surface area (Å²) in [4.78, 5) is 7.76. The van der Waals surface area contributed by atoms with Crippen LogP contribution < -0.4 is 10.2 Å². The van der Waals surface area contributed by atoms with Crippen LogP contribution in [0.5, 0.6) is 0 Å². The summed E-state index contributed by atoms with van der Waals surface area (Å²) in [5, 5.41) is 9.41. The van der Waals surface area contributed by atoms with Crippen LogP contribution in [0.1, 0.15) is 89.5 Å². The third kappa shape index (κ3) is 6.39. The zero-order valence-corrected chi connectivity index (χ0v) is 26.1. The molecule has 4 aliphatic rings. The van der Waals surface area contributed by atoms with Gasteiger partial charge in [-0.3, -0.25) is 4.68 Å². The van der Waals surface area contributed by atoms with Crippen LogP contribution in [-0.4, -0.2) is 65.4 Å². The minimum atomic E-state index is 0.396. The topological polar surface area (TPSA) is 39.6 Å². The number of piperidine rings is 2. The van der Waals surface area contributed by atoms with Crippen molar-refractivity contribution in [2.24, 2.45) is 24.3 Å². The van der Waals surface area contributed by atoms with E-state index in [2.05, 4.69) is 72.3 Å². The number of likely N-dealkylation sites (tertiary alicyclic amines) is 2. The van der Waals surface area contributed by atoms with Crippen molar-refractivity contribution < 1.29 is 0 Å². The molecule has 1 aromatic heterocycles. The molecule has 0 unspecified atom stereocenters. The summed E-state index contributed by atoms with van der Waals surface area (Å²) in [6.45, 7) is 21.9. The molecule has 4 fully saturated rings. The number of hydrogen-bond donors (Lipinski definition) is 1. The number of hydrogen-bond acceptors (Lipinski definition) is 5. The van der Waals surface area contributed by atoms with E-state index in [1.165, 1.54) is 114 Å². The summed E-state index contributed by atoms with van der Waals surface area (Å²) >= 11 is 0. The highest BCUT2D eigenvalue weighted by Gasteiger charge is 2.35. The lowest BCUT2D eigenvalue weighted by molar-refractivity contribution is 0.0494. The first-order valence-corrected chi connectivity index (χ1v) is 16.6. The van der Waals surface area contributed by atoms with E-state index < -0.39 is 0 Å². The molecule has 2 aromatic rings. The molecule has 3 aliphatic heterocycles. The Morgan fingerprint density at radius 3 is 2.32 bits per heavy atom. The van der Waals surface area contributed by atoms with Crippen LogP contribution in [0, 0.1) is 17.3 Å². The molecule has 1 aromatic carbocycles. The van der Waals surface area contributed by atoms with Crippen LogP contribution in [0.25, 0.3) is 10.9 Å². The molecule has 4 heterocycles. The Morgan fingerprint density at radius 1 is 0.902 bits per heavy atom. The van der Waals surface area contributed by atoms with E-state index in [4.69, 9.17) is 5.10 Å². The van der Waals surface area contributed by atoms with Crippen molar-refractivity contribution in [2.75, 3.05) is 50.7 Å². The second-order valence-corrected chi connectivity index (χ2v) is 14.4. The molecule has 1 aliphatic carbocycles. The van der Waals surface area contributed by atoms with Crippen LogP contribution >= 0.6 is 0 Å². The van der Waals surface area contributed by atoms with Gasteiger partial charge in [0, 0.05) is 44.2 Å². The number of anilines is 1. The molecular weight excluding hydrogens is 504 g/mol. The minimum Gasteiger partial charge on any atom is -0.346 e. The van der Waals surface area contributed by atoms with Crippen molar-refractivity contribution >= 4 is 16.7 Å². The fourth-order valence-electron chi connectivity index (χ4n) is 8.42. The lowest BCUT2D eigenvalue weighted by Gasteiger charge is -2.45. The van der Waals surface area contributed by atoms with Crippen molar-refractivity contribution in [1.29, 1.82) is 0 Å². The molecule has 6 heteroatoms. The lowest BCUT2D eigenvalue weighted by atomic mass is 9.72. The number of aromatic nitrogens is 2. The van der Waals surface area contributed by atoms with Crippen molar-refractivity contribution in [2.45, 2.75) is 84.0 Å². The van der Waals surface area contributed by atoms with Gasteiger partial charge in [0.15, 0.2) is 5.82 Å². The molecule has 1 N–H and O–H groups in total. The minimum absolute atomic E-state index is 0.396. The van der Waals surface area contributed by atoms with Gasteiger partial charge in [0.25, 0.3) is 0 Å². The maximum Gasteiger partial charge on any atom is 0.164 e. The molecule has 1 saturated carbocycles. The average molecular weight is 559 g/mol. The summed E-state index contributed by atoms with van der Waals surface area (Å²) in [7, 11) is 2.07. The third-order valence-electron chi connectivity index (χ3n) is 11.0. The largest absolute Gasteiger partial charge is 0.346 e. The van der Waals surface area contributed by atoms with Crippen LogP contribution in [0.15, 0.2) is 42.9 Å². The van der Waals surface area contributed by atoms with Crippen LogP contribution in [-0.2, 0) is 7.05 Å². The Labute approximate surface area is 248 Å². The first-order valence-electron chi connectivity index (χ1n) is 16.6. The highest BCUT2D eigenvalue weighted by atomic mass is 15.4. The van der Waals surface area contributed by atoms with Gasteiger partial charge in [-0.15, -0.1) is 0 Å². The predicted molar refractivity (Wildman–Crippen MR) is 172 cm³/mol. The van der Waals surface area contributed by atoms with Gasteiger partial charge >= 0.3 is 0 Å². The van der Waals surface area contributed by atoms with Crippen molar-refractivity contribution in [3.05, 3.63) is 48.4 Å². The summed E-state index contributed by atoms with van der Waals surface area (Å²) in [5.74, 6) is 4.33. The molecule has 0 spiro atoms. The van der Waals surface area contributed by atoms with Gasteiger partial charge in [-0.05, 0) is 106 Å². The summed E-state index contributed by atoms with van der Waals surface area (Å²) in [6, 6.07) is 7.05. The summed E-state index contributed by atoms with van der Waals surface area (Å²) in [6.07, 6.45) is 13.5. The Kier molecular flexibility index (Phi) is 8.51. The maximum absolute atomic E-state index is 4.91. The SMILES string of the molecule is C=C1CCN(c2nn(C)c3cc(C4CCN(CC(C)(C)C5CCN(CC6CCCCC6)CC5)CC4)ccc23)C(=C)N1. The first-order chi connectivity index (χ1) is 19.8. The maximum atomic E-state index is 4.91. The van der Waals surface area contributed by atoms with Gasteiger partial charge in [0.05, 0.1) is 5.52 Å². The van der Waals surface area contributed by atoms with E-state index in [0.29, 0.717) is 11.3 Å². The molecule has 6 rings (SSSR count). The fourth-order valence-corrected chi connectivity index (χ4v) is 8.42. The van der Waals surface area contributed by atoms with Crippen molar-refractivity contribution in [3.8, 4) is 0 Å². The predicted octanol–water partition coefficient (Wildman–Crippen LogP) is 6.86. The number of fused-ring (bicyclic) bond motifs is 1. The quantitative estimate of drug-likeness (QED) is 0.402. The standard InChI is InChI=1S/C35H54N6/c1-26-13-22-41(27(2)36-26)34-32-12-11-30(23-33(32)38(5)37-34)29-14-18-40(19-15-29)25-35(3,4)31-16-20-39(21-17-31)24-28-9-7-6-8-10-28/h11-12,23,28-29,31,36H,1-2,6-10,13-22,24-25H2,3-5H3. The van der Waals surface area contributed by atoms with Crippen molar-refractivity contribution in [1.82, 2.24) is 24.9 Å². The molecule has 6 nitrogen and oxygen atoms in total. The number of nitrogens with one attached hydrogen (secondary N) is 1. The number of nitrogens with zero attached hydrogens (tertiary/aromatic N) is 5. The smallest absolute Gasteiger partial charge is 0.164 e. The second kappa shape index (κ2) is 12.1. The molecule has 0 atom stereocenters. The Bertz CT molecular complexity index is 1220. The zero-order chi connectivity index (χ0) is 28.6. The molecule has 3 saturated heterocycles. The van der Waals surface area contributed by atoms with Crippen LogP contribution in [0.4, 0.5) is 5.82 Å². The molecule has 41 heavy (non-hydrogen) atoms. The number of rotatable bonds is 7. The van der Waals surface area contributed by atoms with Crippen molar-refractivity contribution in [3.63, 3.8) is 0 Å². The number of benzene rings is 1. The highest BCUT2D eigenvalue weighted by Crippen LogP contribution is 2.39. The van der Waals surface area contributed by atoms with Gasteiger partial charge in [0.2, 0.25) is 0 Å². The molecule has 0 amide bonds. The van der Waals surface area contributed by atoms with E-state index in [1.807, 2.05) is 4.68 Å². The summed E-state index contributed by atoms with van der Waals surface area (Å²) in [5.41, 5.74) is 4.11. The fraction of sp³-hybridized carbons (Fsp3) is 0.686. The lowest BCUT2D eigenvalue weighted by Crippen LogP contribution is -2.46. The second-order valence-electron chi connectivity index (χ2n) is 14.4. The van der Waals surface area contributed by atoms with Gasteiger partial charge < -0.3 is 20.0 Å². The molecule has 0 bridgehead atoms. The zero-order valence-electron chi connectivity index (χ0n) is 26.1. The molecule has 224 valence electrons. The summed E-state index contributed by atoms with van der Waals surface area (Å²) < 4.78 is 2.04. The average Bonchev–Trinajstić information content (AvgIpc) is 3.29. The first kappa shape index (κ1) is 28.8. The Morgan fingerprint density at radius 2 is 1.61 bits per heavy atom. The Balaban J connectivity index is 1.02. The molecule has 0 radical (unpaired) electrons. The van der Waals surface area contributed by atoms with Crippen LogP contribution in [0.2, 0.25) is 0 Å². The van der Waals surface area contributed by atoms with Gasteiger partial charge in [0.1, 0.15) is 5.82 Å². The van der Waals surface area contributed by atoms with Gasteiger partial charge in [-0.2, -0.15) is 5.10 Å². The highest BCUT2D eigenvalue weighted by molar-refractivity contribution is 5.92.